The summed E-state index contributed by atoms with van der Waals surface area (Å²) >= 11 is 0. The van der Waals surface area contributed by atoms with Gasteiger partial charge in [0.1, 0.15) is 11.4 Å². The Kier molecular flexibility index (Phi) is 4.07. The Morgan fingerprint density at radius 3 is 2.41 bits per heavy atom. The van der Waals surface area contributed by atoms with E-state index in [1.165, 1.54) is 30.5 Å². The number of fused-ring (bicyclic) bond motifs is 1. The predicted molar refractivity (Wildman–Crippen MR) is 103 cm³/mol. The molecule has 7 N–H and O–H groups in total. The van der Waals surface area contributed by atoms with Crippen molar-refractivity contribution in [2.75, 3.05) is 17.2 Å². The second-order valence-corrected chi connectivity index (χ2v) is 6.38. The van der Waals surface area contributed by atoms with Gasteiger partial charge in [0.2, 0.25) is 0 Å². The number of aromatic amines is 1. The highest BCUT2D eigenvalue weighted by Gasteiger charge is 2.36. The topological polar surface area (TPSA) is 120 Å². The van der Waals surface area contributed by atoms with Crippen molar-refractivity contribution >= 4 is 28.0 Å². The molecule has 0 fully saturated rings. The number of benzene rings is 2. The van der Waals surface area contributed by atoms with Gasteiger partial charge in [-0.1, -0.05) is 0 Å². The predicted octanol–water partition coefficient (Wildman–Crippen LogP) is 4.20. The van der Waals surface area contributed by atoms with Crippen LogP contribution in [0.3, 0.4) is 0 Å². The first-order valence-electron chi connectivity index (χ1n) is 8.32. The zero-order chi connectivity index (χ0) is 20.9. The third-order valence-corrected chi connectivity index (χ3v) is 4.53. The fourth-order valence-electron chi connectivity index (χ4n) is 3.11. The molecule has 6 nitrogen and oxygen atoms in total. The molecule has 2 heterocycles. The quantitative estimate of drug-likeness (QED) is 0.296. The number of rotatable bonds is 2. The van der Waals surface area contributed by atoms with Gasteiger partial charge in [0, 0.05) is 34.5 Å². The van der Waals surface area contributed by atoms with Crippen molar-refractivity contribution in [2.45, 2.75) is 6.18 Å². The van der Waals surface area contributed by atoms with Crippen molar-refractivity contribution < 1.29 is 17.6 Å². The van der Waals surface area contributed by atoms with E-state index in [0.717, 1.165) is 6.07 Å². The Morgan fingerprint density at radius 2 is 1.69 bits per heavy atom. The summed E-state index contributed by atoms with van der Waals surface area (Å²) in [6, 6.07) is 6.70. The molecule has 29 heavy (non-hydrogen) atoms. The van der Waals surface area contributed by atoms with E-state index in [1.807, 2.05) is 0 Å². The summed E-state index contributed by atoms with van der Waals surface area (Å²) in [4.78, 5) is 10.7. The van der Waals surface area contributed by atoms with Crippen LogP contribution in [0, 0.1) is 5.82 Å². The molecule has 0 aliphatic rings. The van der Waals surface area contributed by atoms with Gasteiger partial charge in [-0.25, -0.2) is 14.4 Å². The lowest BCUT2D eigenvalue weighted by atomic mass is 10.0. The van der Waals surface area contributed by atoms with E-state index in [2.05, 4.69) is 15.0 Å². The normalized spacial score (nSPS) is 11.9. The molecule has 0 saturated carbocycles. The minimum atomic E-state index is -4.74. The minimum Gasteiger partial charge on any atom is -0.398 e. The van der Waals surface area contributed by atoms with Crippen molar-refractivity contribution in [1.82, 2.24) is 15.0 Å². The number of nitrogens with one attached hydrogen (secondary N) is 1. The van der Waals surface area contributed by atoms with Crippen LogP contribution in [0.2, 0.25) is 0 Å². The number of anilines is 3. The van der Waals surface area contributed by atoms with Crippen LogP contribution >= 0.6 is 0 Å². The smallest absolute Gasteiger partial charge is 0.398 e. The molecule has 0 aliphatic carbocycles. The van der Waals surface area contributed by atoms with Crippen LogP contribution < -0.4 is 17.2 Å². The Bertz CT molecular complexity index is 1250. The first-order valence-corrected chi connectivity index (χ1v) is 8.32. The van der Waals surface area contributed by atoms with Gasteiger partial charge >= 0.3 is 6.18 Å². The summed E-state index contributed by atoms with van der Waals surface area (Å²) in [5, 5.41) is 0.244. The van der Waals surface area contributed by atoms with Gasteiger partial charge in [0.25, 0.3) is 0 Å². The van der Waals surface area contributed by atoms with Crippen LogP contribution in [-0.2, 0) is 6.18 Å². The SMILES string of the molecule is Nc1ccc(N)c(-c2ncc(C(F)(F)F)c(-c3c[nH]c4ccc(F)cc34)n2)c1N. The first kappa shape index (κ1) is 18.5. The summed E-state index contributed by atoms with van der Waals surface area (Å²) in [5.74, 6) is -0.716. The van der Waals surface area contributed by atoms with Gasteiger partial charge in [-0.05, 0) is 30.3 Å². The van der Waals surface area contributed by atoms with E-state index in [0.29, 0.717) is 11.7 Å². The van der Waals surface area contributed by atoms with Crippen molar-refractivity contribution in [1.29, 1.82) is 0 Å². The molecule has 2 aromatic heterocycles. The van der Waals surface area contributed by atoms with Gasteiger partial charge in [-0.3, -0.25) is 0 Å². The Morgan fingerprint density at radius 1 is 0.966 bits per heavy atom. The van der Waals surface area contributed by atoms with E-state index >= 15 is 0 Å². The van der Waals surface area contributed by atoms with Gasteiger partial charge < -0.3 is 22.2 Å². The number of nitrogens with zero attached hydrogens (tertiary/aromatic N) is 2. The first-order chi connectivity index (χ1) is 13.7. The van der Waals surface area contributed by atoms with Crippen molar-refractivity contribution in [3.8, 4) is 22.6 Å². The molecule has 4 rings (SSSR count). The molecular formula is C19H14F4N6. The maximum Gasteiger partial charge on any atom is 0.419 e. The lowest BCUT2D eigenvalue weighted by molar-refractivity contribution is -0.137. The van der Waals surface area contributed by atoms with E-state index in [4.69, 9.17) is 17.2 Å². The number of nitrogen functional groups attached to an aromatic ring is 3. The molecule has 0 unspecified atom stereocenters. The van der Waals surface area contributed by atoms with Crippen LogP contribution in [0.15, 0.2) is 42.7 Å². The monoisotopic (exact) mass is 402 g/mol. The third-order valence-electron chi connectivity index (χ3n) is 4.53. The zero-order valence-corrected chi connectivity index (χ0v) is 14.7. The average molecular weight is 402 g/mol. The Labute approximate surface area is 161 Å². The maximum atomic E-state index is 13.7. The number of aromatic nitrogens is 3. The number of halogens is 4. The molecule has 0 atom stereocenters. The van der Waals surface area contributed by atoms with Crippen molar-refractivity contribution in [2.24, 2.45) is 0 Å². The summed E-state index contributed by atoms with van der Waals surface area (Å²) < 4.78 is 54.7. The molecule has 0 amide bonds. The van der Waals surface area contributed by atoms with Gasteiger partial charge in [0.15, 0.2) is 5.82 Å². The number of hydrogen-bond acceptors (Lipinski definition) is 5. The van der Waals surface area contributed by atoms with Crippen molar-refractivity contribution in [3.63, 3.8) is 0 Å². The third kappa shape index (κ3) is 3.08. The lowest BCUT2D eigenvalue weighted by Crippen LogP contribution is -2.11. The fraction of sp³-hybridized carbons (Fsp3) is 0.0526. The van der Waals surface area contributed by atoms with Gasteiger partial charge in [0.05, 0.1) is 22.6 Å². The molecule has 148 valence electrons. The maximum absolute atomic E-state index is 13.7. The summed E-state index contributed by atoms with van der Waals surface area (Å²) in [5.41, 5.74) is 17.2. The highest BCUT2D eigenvalue weighted by molar-refractivity contribution is 5.96. The summed E-state index contributed by atoms with van der Waals surface area (Å²) in [7, 11) is 0. The minimum absolute atomic E-state index is 0.0562. The summed E-state index contributed by atoms with van der Waals surface area (Å²) in [6.45, 7) is 0. The highest BCUT2D eigenvalue weighted by Crippen LogP contribution is 2.41. The second kappa shape index (κ2) is 6.36. The average Bonchev–Trinajstić information content (AvgIpc) is 3.07. The van der Waals surface area contributed by atoms with E-state index in [-0.39, 0.29) is 39.4 Å². The molecule has 0 spiro atoms. The van der Waals surface area contributed by atoms with Crippen LogP contribution in [0.1, 0.15) is 5.56 Å². The molecule has 0 bridgehead atoms. The fourth-order valence-corrected chi connectivity index (χ4v) is 3.11. The number of alkyl halides is 3. The van der Waals surface area contributed by atoms with E-state index < -0.39 is 23.3 Å². The Balaban J connectivity index is 2.03. The molecule has 10 heteroatoms. The van der Waals surface area contributed by atoms with Crippen LogP contribution in [0.5, 0.6) is 0 Å². The molecule has 0 radical (unpaired) electrons. The largest absolute Gasteiger partial charge is 0.419 e. The molecule has 4 aromatic rings. The highest BCUT2D eigenvalue weighted by atomic mass is 19.4. The van der Waals surface area contributed by atoms with Crippen LogP contribution in [-0.4, -0.2) is 15.0 Å². The number of hydrogen-bond donors (Lipinski definition) is 4. The second-order valence-electron chi connectivity index (χ2n) is 6.38. The lowest BCUT2D eigenvalue weighted by Gasteiger charge is -2.15. The van der Waals surface area contributed by atoms with E-state index in [9.17, 15) is 17.6 Å². The standard InChI is InChI=1S/C19H14F4N6/c20-8-1-4-14-9(5-8)10(6-27-14)17-11(19(21,22)23)7-28-18(29-17)15-12(24)2-3-13(25)16(15)26/h1-7,27H,24-26H2. The van der Waals surface area contributed by atoms with Gasteiger partial charge in [-0.15, -0.1) is 0 Å². The van der Waals surface area contributed by atoms with Gasteiger partial charge in [-0.2, -0.15) is 13.2 Å². The van der Waals surface area contributed by atoms with Crippen molar-refractivity contribution in [3.05, 3.63) is 54.1 Å². The van der Waals surface area contributed by atoms with Crippen LogP contribution in [0.25, 0.3) is 33.5 Å². The molecular weight excluding hydrogens is 388 g/mol. The van der Waals surface area contributed by atoms with Crippen LogP contribution in [0.4, 0.5) is 34.6 Å². The molecule has 0 saturated heterocycles. The van der Waals surface area contributed by atoms with E-state index in [1.54, 1.807) is 0 Å². The summed E-state index contributed by atoms with van der Waals surface area (Å²) in [6.07, 6.45) is -2.76. The number of nitrogens with two attached hydrogens (primary N) is 3. The molecule has 2 aromatic carbocycles. The Hall–Kier alpha value is -3.82. The molecule has 0 aliphatic heterocycles. The zero-order valence-electron chi connectivity index (χ0n) is 14.7. The number of H-pyrrole nitrogens is 1.